The number of halogens is 1. The second kappa shape index (κ2) is 11.4. The topological polar surface area (TPSA) is 83.4 Å². The molecule has 10 heteroatoms. The fourth-order valence-electron chi connectivity index (χ4n) is 3.84. The lowest BCUT2D eigenvalue weighted by molar-refractivity contribution is -0.128. The molecule has 4 rings (SSSR count). The molecule has 178 valence electrons. The van der Waals surface area contributed by atoms with E-state index >= 15 is 0 Å². The van der Waals surface area contributed by atoms with Crippen LogP contribution in [0.5, 0.6) is 0 Å². The standard InChI is InChI=1S/C24H27ClN6O2S/c1-2-31-21(16-26-23(33)19-10-6-7-11-20(19)25)27-28-24(31)34-17-22(32)30-14-12-29(13-15-30)18-8-4-3-5-9-18/h3-11H,2,12-17H2,1H3,(H,26,33). The van der Waals surface area contributed by atoms with E-state index in [4.69, 9.17) is 11.6 Å². The molecule has 1 saturated heterocycles. The van der Waals surface area contributed by atoms with Crippen LogP contribution in [0.1, 0.15) is 23.1 Å². The van der Waals surface area contributed by atoms with Gasteiger partial charge in [-0.3, -0.25) is 9.59 Å². The fraction of sp³-hybridized carbons (Fsp3) is 0.333. The quantitative estimate of drug-likeness (QED) is 0.480. The van der Waals surface area contributed by atoms with E-state index in [0.29, 0.717) is 47.0 Å². The second-order valence-corrected chi connectivity index (χ2v) is 9.15. The molecule has 0 unspecified atom stereocenters. The number of anilines is 1. The molecule has 1 N–H and O–H groups in total. The van der Waals surface area contributed by atoms with E-state index in [1.165, 1.54) is 17.4 Å². The van der Waals surface area contributed by atoms with Crippen LogP contribution < -0.4 is 10.2 Å². The third kappa shape index (κ3) is 5.71. The number of nitrogens with one attached hydrogen (secondary N) is 1. The molecule has 3 aromatic rings. The smallest absolute Gasteiger partial charge is 0.253 e. The number of benzene rings is 2. The van der Waals surface area contributed by atoms with Crippen molar-refractivity contribution in [2.75, 3.05) is 36.8 Å². The van der Waals surface area contributed by atoms with Crippen molar-refractivity contribution in [1.29, 1.82) is 0 Å². The summed E-state index contributed by atoms with van der Waals surface area (Å²) in [5, 5.41) is 12.4. The number of carbonyl (C=O) groups excluding carboxylic acids is 2. The van der Waals surface area contributed by atoms with Crippen molar-refractivity contribution in [2.45, 2.75) is 25.2 Å². The van der Waals surface area contributed by atoms with Gasteiger partial charge < -0.3 is 19.7 Å². The van der Waals surface area contributed by atoms with Crippen molar-refractivity contribution < 1.29 is 9.59 Å². The number of aromatic nitrogens is 3. The SMILES string of the molecule is CCn1c(CNC(=O)c2ccccc2Cl)nnc1SCC(=O)N1CCN(c2ccccc2)CC1. The Bertz CT molecular complexity index is 1130. The van der Waals surface area contributed by atoms with Gasteiger partial charge >= 0.3 is 0 Å². The van der Waals surface area contributed by atoms with Crippen LogP contribution in [-0.2, 0) is 17.9 Å². The van der Waals surface area contributed by atoms with E-state index < -0.39 is 0 Å². The maximum atomic E-state index is 12.8. The Morgan fingerprint density at radius 1 is 1.00 bits per heavy atom. The van der Waals surface area contributed by atoms with Crippen LogP contribution in [0.4, 0.5) is 5.69 Å². The zero-order valence-electron chi connectivity index (χ0n) is 19.0. The molecule has 8 nitrogen and oxygen atoms in total. The predicted molar refractivity (Wildman–Crippen MR) is 134 cm³/mol. The largest absolute Gasteiger partial charge is 0.368 e. The monoisotopic (exact) mass is 498 g/mol. The molecular formula is C24H27ClN6O2S. The Balaban J connectivity index is 1.28. The summed E-state index contributed by atoms with van der Waals surface area (Å²) < 4.78 is 1.91. The summed E-state index contributed by atoms with van der Waals surface area (Å²) in [7, 11) is 0. The van der Waals surface area contributed by atoms with Gasteiger partial charge in [0.2, 0.25) is 5.91 Å². The molecule has 2 heterocycles. The molecule has 2 aromatic carbocycles. The molecule has 2 amide bonds. The van der Waals surface area contributed by atoms with E-state index in [1.54, 1.807) is 24.3 Å². The van der Waals surface area contributed by atoms with Gasteiger partial charge in [0, 0.05) is 38.4 Å². The first kappa shape index (κ1) is 24.1. The number of carbonyl (C=O) groups is 2. The maximum Gasteiger partial charge on any atom is 0.253 e. The number of piperazine rings is 1. The zero-order chi connectivity index (χ0) is 23.9. The molecule has 0 aliphatic carbocycles. The summed E-state index contributed by atoms with van der Waals surface area (Å²) in [5.74, 6) is 0.761. The Kier molecular flexibility index (Phi) is 8.08. The minimum Gasteiger partial charge on any atom is -0.368 e. The summed E-state index contributed by atoms with van der Waals surface area (Å²) in [6, 6.07) is 17.2. The first-order valence-electron chi connectivity index (χ1n) is 11.2. The van der Waals surface area contributed by atoms with Crippen LogP contribution in [-0.4, -0.2) is 63.4 Å². The van der Waals surface area contributed by atoms with E-state index in [9.17, 15) is 9.59 Å². The van der Waals surface area contributed by atoms with Crippen molar-refractivity contribution in [3.8, 4) is 0 Å². The lowest BCUT2D eigenvalue weighted by Crippen LogP contribution is -2.49. The van der Waals surface area contributed by atoms with E-state index in [1.807, 2.05) is 34.6 Å². The van der Waals surface area contributed by atoms with Gasteiger partial charge in [-0.05, 0) is 31.2 Å². The highest BCUT2D eigenvalue weighted by molar-refractivity contribution is 7.99. The predicted octanol–water partition coefficient (Wildman–Crippen LogP) is 3.32. The van der Waals surface area contributed by atoms with E-state index in [-0.39, 0.29) is 18.4 Å². The van der Waals surface area contributed by atoms with Crippen molar-refractivity contribution in [2.24, 2.45) is 0 Å². The highest BCUT2D eigenvalue weighted by Gasteiger charge is 2.22. The number of rotatable bonds is 8. The molecule has 1 aliphatic rings. The van der Waals surface area contributed by atoms with E-state index in [2.05, 4.69) is 32.5 Å². The zero-order valence-corrected chi connectivity index (χ0v) is 20.6. The lowest BCUT2D eigenvalue weighted by Gasteiger charge is -2.36. The van der Waals surface area contributed by atoms with Crippen LogP contribution in [0.3, 0.4) is 0 Å². The summed E-state index contributed by atoms with van der Waals surface area (Å²) in [5.41, 5.74) is 1.61. The molecule has 0 saturated carbocycles. The molecule has 1 aliphatic heterocycles. The minimum absolute atomic E-state index is 0.0944. The Morgan fingerprint density at radius 3 is 2.41 bits per heavy atom. The Hall–Kier alpha value is -3.04. The molecule has 0 spiro atoms. The normalized spacial score (nSPS) is 13.7. The molecule has 34 heavy (non-hydrogen) atoms. The van der Waals surface area contributed by atoms with Gasteiger partial charge in [0.05, 0.1) is 22.9 Å². The number of amides is 2. The minimum atomic E-state index is -0.268. The maximum absolute atomic E-state index is 12.8. The summed E-state index contributed by atoms with van der Waals surface area (Å²) in [4.78, 5) is 29.4. The Morgan fingerprint density at radius 2 is 1.71 bits per heavy atom. The number of hydrogen-bond donors (Lipinski definition) is 1. The number of thioether (sulfide) groups is 1. The van der Waals surface area contributed by atoms with Crippen molar-refractivity contribution in [3.63, 3.8) is 0 Å². The van der Waals surface area contributed by atoms with Crippen LogP contribution in [0.2, 0.25) is 5.02 Å². The Labute approximate surface area is 208 Å². The van der Waals surface area contributed by atoms with Crippen molar-refractivity contribution in [3.05, 3.63) is 71.0 Å². The molecule has 1 fully saturated rings. The molecule has 0 radical (unpaired) electrons. The molecular weight excluding hydrogens is 472 g/mol. The van der Waals surface area contributed by atoms with Gasteiger partial charge in [-0.1, -0.05) is 53.7 Å². The van der Waals surface area contributed by atoms with Gasteiger partial charge in [0.25, 0.3) is 5.91 Å². The van der Waals surface area contributed by atoms with Gasteiger partial charge in [-0.25, -0.2) is 0 Å². The highest BCUT2D eigenvalue weighted by atomic mass is 35.5. The lowest BCUT2D eigenvalue weighted by atomic mass is 10.2. The van der Waals surface area contributed by atoms with Crippen LogP contribution in [0.15, 0.2) is 59.8 Å². The first-order valence-corrected chi connectivity index (χ1v) is 12.6. The number of para-hydroxylation sites is 1. The summed E-state index contributed by atoms with van der Waals surface area (Å²) >= 11 is 7.48. The van der Waals surface area contributed by atoms with Crippen LogP contribution >= 0.6 is 23.4 Å². The third-order valence-corrected chi connectivity index (χ3v) is 6.99. The number of hydrogen-bond acceptors (Lipinski definition) is 6. The third-order valence-electron chi connectivity index (χ3n) is 5.71. The van der Waals surface area contributed by atoms with E-state index in [0.717, 1.165) is 13.1 Å². The van der Waals surface area contributed by atoms with Gasteiger partial charge in [-0.15, -0.1) is 10.2 Å². The molecule has 1 aromatic heterocycles. The average Bonchev–Trinajstić information content (AvgIpc) is 3.28. The van der Waals surface area contributed by atoms with Gasteiger partial charge in [0.15, 0.2) is 11.0 Å². The van der Waals surface area contributed by atoms with Crippen molar-refractivity contribution >= 4 is 40.9 Å². The van der Waals surface area contributed by atoms with Crippen LogP contribution in [0.25, 0.3) is 0 Å². The number of nitrogens with zero attached hydrogens (tertiary/aromatic N) is 5. The molecule has 0 atom stereocenters. The summed E-state index contributed by atoms with van der Waals surface area (Å²) in [6.07, 6.45) is 0. The second-order valence-electron chi connectivity index (χ2n) is 7.80. The average molecular weight is 499 g/mol. The first-order chi connectivity index (χ1) is 16.6. The van der Waals surface area contributed by atoms with Gasteiger partial charge in [0.1, 0.15) is 0 Å². The highest BCUT2D eigenvalue weighted by Crippen LogP contribution is 2.20. The fourth-order valence-corrected chi connectivity index (χ4v) is 4.99. The molecule has 0 bridgehead atoms. The van der Waals surface area contributed by atoms with Crippen LogP contribution in [0, 0.1) is 0 Å². The summed E-state index contributed by atoms with van der Waals surface area (Å²) in [6.45, 7) is 5.89. The van der Waals surface area contributed by atoms with Gasteiger partial charge in [-0.2, -0.15) is 0 Å². The van der Waals surface area contributed by atoms with Crippen molar-refractivity contribution in [1.82, 2.24) is 25.0 Å².